The van der Waals surface area contributed by atoms with Gasteiger partial charge in [-0.05, 0) is 40.4 Å². The minimum atomic E-state index is 0.146. The van der Waals surface area contributed by atoms with Gasteiger partial charge in [0.25, 0.3) is 0 Å². The molecule has 2 heterocycles. The number of halogens is 1. The fraction of sp³-hybridized carbons (Fsp3) is 0.357. The van der Waals surface area contributed by atoms with Crippen LogP contribution in [0.1, 0.15) is 12.2 Å². The van der Waals surface area contributed by atoms with Gasteiger partial charge in [-0.1, -0.05) is 6.08 Å². The molecule has 1 saturated heterocycles. The number of ether oxygens (including phenoxy) is 1. The zero-order chi connectivity index (χ0) is 13.1. The average molecular weight is 321 g/mol. The Morgan fingerprint density at radius 3 is 2.89 bits per heavy atom. The summed E-state index contributed by atoms with van der Waals surface area (Å²) in [6.07, 6.45) is 11.1. The average Bonchev–Trinajstić information content (AvgIpc) is 2.49. The summed E-state index contributed by atoms with van der Waals surface area (Å²) >= 11 is 3.35. The molecular formula is C14H15BrN3O. The van der Waals surface area contributed by atoms with Gasteiger partial charge in [0.05, 0.1) is 17.2 Å². The Bertz CT molecular complexity index is 504. The number of morpholine rings is 1. The van der Waals surface area contributed by atoms with Crippen molar-refractivity contribution < 1.29 is 4.74 Å². The Labute approximate surface area is 121 Å². The van der Waals surface area contributed by atoms with E-state index in [0.29, 0.717) is 0 Å². The van der Waals surface area contributed by atoms with Crippen LogP contribution in [0.25, 0.3) is 5.57 Å². The van der Waals surface area contributed by atoms with Crippen LogP contribution in [0.5, 0.6) is 0 Å². The first kappa shape index (κ1) is 13.0. The SMILES string of the molecule is Brc1cnc(C2=CC(C3CNCCO3)=CC[CH]2)nc1. The highest BCUT2D eigenvalue weighted by Gasteiger charge is 2.20. The van der Waals surface area contributed by atoms with Crippen LogP contribution in [0.3, 0.4) is 0 Å². The van der Waals surface area contributed by atoms with Crippen molar-refractivity contribution in [2.75, 3.05) is 19.7 Å². The van der Waals surface area contributed by atoms with Crippen molar-refractivity contribution >= 4 is 21.5 Å². The van der Waals surface area contributed by atoms with E-state index in [1.165, 1.54) is 5.57 Å². The molecule has 1 aliphatic carbocycles. The predicted molar refractivity (Wildman–Crippen MR) is 77.3 cm³/mol. The van der Waals surface area contributed by atoms with Gasteiger partial charge in [-0.3, -0.25) is 0 Å². The third kappa shape index (κ3) is 3.11. The maximum Gasteiger partial charge on any atom is 0.155 e. The van der Waals surface area contributed by atoms with Crippen LogP contribution >= 0.6 is 15.9 Å². The van der Waals surface area contributed by atoms with E-state index < -0.39 is 0 Å². The quantitative estimate of drug-likeness (QED) is 0.907. The second-order valence-corrected chi connectivity index (χ2v) is 5.45. The summed E-state index contributed by atoms with van der Waals surface area (Å²) in [6.45, 7) is 2.57. The first-order valence-corrected chi connectivity index (χ1v) is 7.17. The molecule has 1 fully saturated rings. The molecule has 4 nitrogen and oxygen atoms in total. The normalized spacial score (nSPS) is 23.7. The van der Waals surface area contributed by atoms with Gasteiger partial charge in [-0.15, -0.1) is 0 Å². The van der Waals surface area contributed by atoms with Gasteiger partial charge in [0.2, 0.25) is 0 Å². The number of hydrogen-bond acceptors (Lipinski definition) is 4. The van der Waals surface area contributed by atoms with E-state index in [0.717, 1.165) is 42.0 Å². The fourth-order valence-electron chi connectivity index (χ4n) is 2.24. The maximum absolute atomic E-state index is 5.78. The Kier molecular flexibility index (Phi) is 4.06. The van der Waals surface area contributed by atoms with E-state index in [9.17, 15) is 0 Å². The lowest BCUT2D eigenvalue weighted by atomic mass is 9.95. The molecular weight excluding hydrogens is 306 g/mol. The van der Waals surface area contributed by atoms with E-state index in [1.54, 1.807) is 12.4 Å². The predicted octanol–water partition coefficient (Wildman–Crippen LogP) is 2.15. The molecule has 3 rings (SSSR count). The number of allylic oxidation sites excluding steroid dienone is 2. The van der Waals surface area contributed by atoms with E-state index in [1.807, 2.05) is 0 Å². The number of nitrogens with one attached hydrogen (secondary N) is 1. The highest BCUT2D eigenvalue weighted by atomic mass is 79.9. The summed E-state index contributed by atoms with van der Waals surface area (Å²) in [6, 6.07) is 0. The van der Waals surface area contributed by atoms with Gasteiger partial charge in [0.1, 0.15) is 0 Å². The smallest absolute Gasteiger partial charge is 0.155 e. The van der Waals surface area contributed by atoms with Crippen molar-refractivity contribution in [2.45, 2.75) is 12.5 Å². The van der Waals surface area contributed by atoms with Crippen LogP contribution < -0.4 is 5.32 Å². The molecule has 0 amide bonds. The molecule has 19 heavy (non-hydrogen) atoms. The number of aromatic nitrogens is 2. The van der Waals surface area contributed by atoms with E-state index in [4.69, 9.17) is 4.74 Å². The molecule has 1 atom stereocenters. The Balaban J connectivity index is 1.80. The summed E-state index contributed by atoms with van der Waals surface area (Å²) in [4.78, 5) is 8.68. The van der Waals surface area contributed by atoms with E-state index >= 15 is 0 Å². The zero-order valence-corrected chi connectivity index (χ0v) is 12.1. The lowest BCUT2D eigenvalue weighted by Crippen LogP contribution is -2.39. The molecule has 0 aromatic carbocycles. The van der Waals surface area contributed by atoms with Crippen LogP contribution in [0.2, 0.25) is 0 Å². The summed E-state index contributed by atoms with van der Waals surface area (Å²) in [5, 5.41) is 3.35. The molecule has 1 radical (unpaired) electrons. The lowest BCUT2D eigenvalue weighted by molar-refractivity contribution is 0.0537. The molecule has 1 aromatic heterocycles. The molecule has 99 valence electrons. The van der Waals surface area contributed by atoms with Crippen molar-refractivity contribution in [2.24, 2.45) is 0 Å². The molecule has 1 N–H and O–H groups in total. The highest BCUT2D eigenvalue weighted by molar-refractivity contribution is 9.10. The number of nitrogens with zero attached hydrogens (tertiary/aromatic N) is 2. The monoisotopic (exact) mass is 320 g/mol. The van der Waals surface area contributed by atoms with Crippen LogP contribution in [0, 0.1) is 6.42 Å². The van der Waals surface area contributed by atoms with Crippen LogP contribution in [-0.2, 0) is 4.74 Å². The molecule has 5 heteroatoms. The fourth-order valence-corrected chi connectivity index (χ4v) is 2.45. The molecule has 0 saturated carbocycles. The van der Waals surface area contributed by atoms with E-state index in [-0.39, 0.29) is 6.10 Å². The van der Waals surface area contributed by atoms with Crippen molar-refractivity contribution in [3.8, 4) is 0 Å². The van der Waals surface area contributed by atoms with Gasteiger partial charge in [0, 0.05) is 31.1 Å². The van der Waals surface area contributed by atoms with E-state index in [2.05, 4.69) is 49.8 Å². The van der Waals surface area contributed by atoms with Crippen molar-refractivity contribution in [1.82, 2.24) is 15.3 Å². The second-order valence-electron chi connectivity index (χ2n) is 4.53. The van der Waals surface area contributed by atoms with Gasteiger partial charge < -0.3 is 10.1 Å². The summed E-state index contributed by atoms with van der Waals surface area (Å²) in [5.41, 5.74) is 2.29. The Morgan fingerprint density at radius 1 is 1.32 bits per heavy atom. The Hall–Kier alpha value is -1.04. The van der Waals surface area contributed by atoms with Crippen LogP contribution in [-0.4, -0.2) is 35.8 Å². The van der Waals surface area contributed by atoms with Gasteiger partial charge in [-0.2, -0.15) is 0 Å². The first-order chi connectivity index (χ1) is 9.33. The minimum Gasteiger partial charge on any atom is -0.371 e. The number of hydrogen-bond donors (Lipinski definition) is 1. The Morgan fingerprint density at radius 2 is 2.16 bits per heavy atom. The second kappa shape index (κ2) is 5.94. The maximum atomic E-state index is 5.78. The largest absolute Gasteiger partial charge is 0.371 e. The topological polar surface area (TPSA) is 47.0 Å². The molecule has 1 unspecified atom stereocenters. The summed E-state index contributed by atoms with van der Waals surface area (Å²) in [5.74, 6) is 0.762. The van der Waals surface area contributed by atoms with Gasteiger partial charge in [0.15, 0.2) is 5.82 Å². The van der Waals surface area contributed by atoms with Crippen molar-refractivity contribution in [3.05, 3.63) is 46.8 Å². The van der Waals surface area contributed by atoms with Crippen LogP contribution in [0.15, 0.2) is 34.6 Å². The highest BCUT2D eigenvalue weighted by Crippen LogP contribution is 2.26. The summed E-state index contributed by atoms with van der Waals surface area (Å²) in [7, 11) is 0. The zero-order valence-electron chi connectivity index (χ0n) is 10.5. The molecule has 2 aliphatic rings. The molecule has 1 aliphatic heterocycles. The number of rotatable bonds is 2. The molecule has 0 bridgehead atoms. The minimum absolute atomic E-state index is 0.146. The van der Waals surface area contributed by atoms with Crippen molar-refractivity contribution in [1.29, 1.82) is 0 Å². The molecule has 1 aromatic rings. The molecule has 0 spiro atoms. The lowest BCUT2D eigenvalue weighted by Gasteiger charge is -2.26. The third-order valence-corrected chi connectivity index (χ3v) is 3.60. The summed E-state index contributed by atoms with van der Waals surface area (Å²) < 4.78 is 6.68. The van der Waals surface area contributed by atoms with Crippen LogP contribution in [0.4, 0.5) is 0 Å². The first-order valence-electron chi connectivity index (χ1n) is 6.38. The van der Waals surface area contributed by atoms with Gasteiger partial charge >= 0.3 is 0 Å². The standard InChI is InChI=1S/C14H15BrN3O/c15-12-7-17-14(18-8-12)11-3-1-2-10(6-11)13-9-16-4-5-19-13/h2-3,6-8,13,16H,1,4-5,9H2. The van der Waals surface area contributed by atoms with Gasteiger partial charge in [-0.25, -0.2) is 9.97 Å². The van der Waals surface area contributed by atoms with Crippen molar-refractivity contribution in [3.63, 3.8) is 0 Å². The third-order valence-electron chi connectivity index (χ3n) is 3.19.